The Labute approximate surface area is 151 Å². The number of fused-ring (bicyclic) bond motifs is 1. The number of likely N-dealkylation sites (tertiary alicyclic amines) is 1. The van der Waals surface area contributed by atoms with E-state index in [4.69, 9.17) is 9.47 Å². The SMILES string of the molecule is COc1ccc(SCCC(=O)N2C[C@H]3COCC[C@@]3(C(=O)O)C2)cc1. The van der Waals surface area contributed by atoms with Crippen molar-refractivity contribution in [2.24, 2.45) is 11.3 Å². The van der Waals surface area contributed by atoms with Crippen LogP contribution in [0.5, 0.6) is 5.75 Å². The molecule has 2 atom stereocenters. The third-order valence-corrected chi connectivity index (χ3v) is 6.14. The van der Waals surface area contributed by atoms with E-state index in [0.717, 1.165) is 10.6 Å². The van der Waals surface area contributed by atoms with Crippen molar-refractivity contribution in [1.82, 2.24) is 4.90 Å². The monoisotopic (exact) mass is 365 g/mol. The molecular formula is C18H23NO5S. The maximum absolute atomic E-state index is 12.5. The molecule has 1 aromatic rings. The predicted octanol–water partition coefficient (Wildman–Crippen LogP) is 2.13. The Kier molecular flexibility index (Phi) is 5.54. The topological polar surface area (TPSA) is 76.1 Å². The number of hydrogen-bond acceptors (Lipinski definition) is 5. The second kappa shape index (κ2) is 7.66. The van der Waals surface area contributed by atoms with Crippen molar-refractivity contribution in [2.75, 3.05) is 39.2 Å². The molecule has 2 fully saturated rings. The number of ether oxygens (including phenoxy) is 2. The van der Waals surface area contributed by atoms with Crippen LogP contribution in [0.4, 0.5) is 0 Å². The van der Waals surface area contributed by atoms with Crippen molar-refractivity contribution < 1.29 is 24.2 Å². The smallest absolute Gasteiger partial charge is 0.311 e. The summed E-state index contributed by atoms with van der Waals surface area (Å²) >= 11 is 1.61. The molecule has 136 valence electrons. The molecule has 3 rings (SSSR count). The number of methoxy groups -OCH3 is 1. The van der Waals surface area contributed by atoms with Gasteiger partial charge in [-0.3, -0.25) is 9.59 Å². The van der Waals surface area contributed by atoms with E-state index in [-0.39, 0.29) is 11.8 Å². The summed E-state index contributed by atoms with van der Waals surface area (Å²) in [7, 11) is 1.63. The van der Waals surface area contributed by atoms with Crippen LogP contribution in [0.25, 0.3) is 0 Å². The molecule has 1 N–H and O–H groups in total. The Morgan fingerprint density at radius 2 is 2.16 bits per heavy atom. The maximum atomic E-state index is 12.5. The predicted molar refractivity (Wildman–Crippen MR) is 93.9 cm³/mol. The Balaban J connectivity index is 1.52. The Morgan fingerprint density at radius 1 is 1.40 bits per heavy atom. The Bertz CT molecular complexity index is 635. The van der Waals surface area contributed by atoms with Crippen LogP contribution in [0.1, 0.15) is 12.8 Å². The molecule has 0 spiro atoms. The van der Waals surface area contributed by atoms with E-state index in [2.05, 4.69) is 0 Å². The summed E-state index contributed by atoms with van der Waals surface area (Å²) < 4.78 is 10.6. The standard InChI is InChI=1S/C18H23NO5S/c1-23-14-2-4-15(5-3-14)25-9-6-16(20)19-10-13-11-24-8-7-18(13,12-19)17(21)22/h2-5,13H,6-12H2,1H3,(H,21,22)/t13-,18+/m0/s1. The van der Waals surface area contributed by atoms with E-state index in [1.54, 1.807) is 23.8 Å². The summed E-state index contributed by atoms with van der Waals surface area (Å²) in [4.78, 5) is 27.1. The number of hydrogen-bond donors (Lipinski definition) is 1. The fourth-order valence-corrected chi connectivity index (χ4v) is 4.42. The van der Waals surface area contributed by atoms with Crippen LogP contribution in [-0.2, 0) is 14.3 Å². The number of amides is 1. The molecule has 7 heteroatoms. The molecule has 0 aromatic heterocycles. The molecule has 1 amide bonds. The number of carbonyl (C=O) groups is 2. The summed E-state index contributed by atoms with van der Waals surface area (Å²) in [6.07, 6.45) is 0.886. The van der Waals surface area contributed by atoms with Gasteiger partial charge in [0, 0.05) is 42.7 Å². The van der Waals surface area contributed by atoms with Crippen molar-refractivity contribution in [2.45, 2.75) is 17.7 Å². The second-order valence-corrected chi connectivity index (χ2v) is 7.70. The van der Waals surface area contributed by atoms with Gasteiger partial charge in [0.1, 0.15) is 5.75 Å². The van der Waals surface area contributed by atoms with E-state index < -0.39 is 11.4 Å². The third kappa shape index (κ3) is 3.77. The number of nitrogens with zero attached hydrogens (tertiary/aromatic N) is 1. The first kappa shape index (κ1) is 18.1. The highest BCUT2D eigenvalue weighted by atomic mass is 32.2. The van der Waals surface area contributed by atoms with Gasteiger partial charge >= 0.3 is 5.97 Å². The summed E-state index contributed by atoms with van der Waals surface area (Å²) in [5.74, 6) is 0.598. The fraction of sp³-hybridized carbons (Fsp3) is 0.556. The van der Waals surface area contributed by atoms with Gasteiger partial charge < -0.3 is 19.5 Å². The molecule has 2 heterocycles. The van der Waals surface area contributed by atoms with Crippen LogP contribution < -0.4 is 4.74 Å². The molecular weight excluding hydrogens is 342 g/mol. The van der Waals surface area contributed by atoms with Crippen molar-refractivity contribution in [3.8, 4) is 5.75 Å². The Hall–Kier alpha value is -1.73. The summed E-state index contributed by atoms with van der Waals surface area (Å²) in [6.45, 7) is 1.68. The van der Waals surface area contributed by atoms with Gasteiger partial charge in [-0.05, 0) is 30.7 Å². The number of carboxylic acids is 1. The zero-order valence-corrected chi connectivity index (χ0v) is 15.1. The van der Waals surface area contributed by atoms with Crippen LogP contribution in [-0.4, -0.2) is 61.0 Å². The quantitative estimate of drug-likeness (QED) is 0.779. The Morgan fingerprint density at radius 3 is 2.80 bits per heavy atom. The first-order valence-corrected chi connectivity index (χ1v) is 9.39. The van der Waals surface area contributed by atoms with Crippen LogP contribution in [0.3, 0.4) is 0 Å². The van der Waals surface area contributed by atoms with Crippen molar-refractivity contribution in [3.63, 3.8) is 0 Å². The zero-order chi connectivity index (χ0) is 17.9. The highest BCUT2D eigenvalue weighted by Crippen LogP contribution is 2.42. The van der Waals surface area contributed by atoms with Crippen LogP contribution in [0, 0.1) is 11.3 Å². The van der Waals surface area contributed by atoms with Crippen LogP contribution >= 0.6 is 11.8 Å². The lowest BCUT2D eigenvalue weighted by atomic mass is 9.74. The number of benzene rings is 1. The van der Waals surface area contributed by atoms with Gasteiger partial charge in [-0.1, -0.05) is 0 Å². The minimum absolute atomic E-state index is 0.0241. The number of aliphatic carboxylic acids is 1. The maximum Gasteiger partial charge on any atom is 0.311 e. The van der Waals surface area contributed by atoms with Gasteiger partial charge in [0.25, 0.3) is 0 Å². The lowest BCUT2D eigenvalue weighted by Crippen LogP contribution is -2.45. The van der Waals surface area contributed by atoms with Crippen molar-refractivity contribution in [1.29, 1.82) is 0 Å². The van der Waals surface area contributed by atoms with Crippen molar-refractivity contribution >= 4 is 23.6 Å². The molecule has 25 heavy (non-hydrogen) atoms. The molecule has 6 nitrogen and oxygen atoms in total. The lowest BCUT2D eigenvalue weighted by molar-refractivity contribution is -0.157. The zero-order valence-electron chi connectivity index (χ0n) is 14.3. The summed E-state index contributed by atoms with van der Waals surface area (Å²) in [6, 6.07) is 7.72. The number of carbonyl (C=O) groups excluding carboxylic acids is 1. The van der Waals surface area contributed by atoms with E-state index in [9.17, 15) is 14.7 Å². The van der Waals surface area contributed by atoms with E-state index in [0.29, 0.717) is 44.9 Å². The number of carboxylic acid groups (broad SMARTS) is 1. The minimum atomic E-state index is -0.822. The van der Waals surface area contributed by atoms with E-state index in [1.165, 1.54) is 0 Å². The van der Waals surface area contributed by atoms with Gasteiger partial charge in [-0.2, -0.15) is 0 Å². The molecule has 0 saturated carbocycles. The molecule has 2 saturated heterocycles. The molecule has 1 aromatic carbocycles. The summed E-state index contributed by atoms with van der Waals surface area (Å²) in [5, 5.41) is 9.66. The highest BCUT2D eigenvalue weighted by molar-refractivity contribution is 7.99. The number of rotatable bonds is 6. The molecule has 0 bridgehead atoms. The van der Waals surface area contributed by atoms with Crippen molar-refractivity contribution in [3.05, 3.63) is 24.3 Å². The average molecular weight is 365 g/mol. The van der Waals surface area contributed by atoms with Crippen LogP contribution in [0.2, 0.25) is 0 Å². The van der Waals surface area contributed by atoms with Gasteiger partial charge in [0.05, 0.1) is 19.1 Å². The molecule has 0 unspecified atom stereocenters. The van der Waals surface area contributed by atoms with E-state index >= 15 is 0 Å². The first-order valence-electron chi connectivity index (χ1n) is 8.41. The molecule has 2 aliphatic heterocycles. The van der Waals surface area contributed by atoms with E-state index in [1.807, 2.05) is 24.3 Å². The molecule has 2 aliphatic rings. The largest absolute Gasteiger partial charge is 0.497 e. The van der Waals surface area contributed by atoms with Gasteiger partial charge in [0.2, 0.25) is 5.91 Å². The molecule has 0 radical (unpaired) electrons. The minimum Gasteiger partial charge on any atom is -0.497 e. The normalized spacial score (nSPS) is 25.5. The first-order chi connectivity index (χ1) is 12.0. The van der Waals surface area contributed by atoms with Gasteiger partial charge in [-0.25, -0.2) is 0 Å². The fourth-order valence-electron chi connectivity index (χ4n) is 3.58. The molecule has 0 aliphatic carbocycles. The van der Waals surface area contributed by atoms with Crippen LogP contribution in [0.15, 0.2) is 29.2 Å². The third-order valence-electron chi connectivity index (χ3n) is 5.13. The van der Waals surface area contributed by atoms with Gasteiger partial charge in [0.15, 0.2) is 0 Å². The summed E-state index contributed by atoms with van der Waals surface area (Å²) in [5.41, 5.74) is -0.822. The second-order valence-electron chi connectivity index (χ2n) is 6.53. The van der Waals surface area contributed by atoms with Gasteiger partial charge in [-0.15, -0.1) is 11.8 Å². The lowest BCUT2D eigenvalue weighted by Gasteiger charge is -2.33. The number of thioether (sulfide) groups is 1. The average Bonchev–Trinajstić information content (AvgIpc) is 3.03. The highest BCUT2D eigenvalue weighted by Gasteiger charge is 2.54.